The fourth-order valence-corrected chi connectivity index (χ4v) is 2.99. The quantitative estimate of drug-likeness (QED) is 0.804. The first-order valence-electron chi connectivity index (χ1n) is 8.09. The van der Waals surface area contributed by atoms with Crippen molar-refractivity contribution in [3.05, 3.63) is 59.4 Å². The third-order valence-corrected chi connectivity index (χ3v) is 4.34. The van der Waals surface area contributed by atoms with Gasteiger partial charge < -0.3 is 9.80 Å². The number of aromatic nitrogens is 1. The zero-order valence-corrected chi connectivity index (χ0v) is 14.0. The van der Waals surface area contributed by atoms with E-state index in [1.807, 2.05) is 0 Å². The molecule has 0 atom stereocenters. The van der Waals surface area contributed by atoms with Gasteiger partial charge in [0, 0.05) is 55.4 Å². The van der Waals surface area contributed by atoms with E-state index in [-0.39, 0.29) is 11.7 Å². The second-order valence-electron chi connectivity index (χ2n) is 5.92. The standard InChI is InChI=1S/C19H18N4O2/c1-14(24)17-3-2-15(13-20)12-18(17)22-8-10-23(11-9-22)19(25)16-4-6-21-7-5-16/h2-7,12H,8-11H2,1H3. The van der Waals surface area contributed by atoms with Crippen LogP contribution in [0.25, 0.3) is 0 Å². The van der Waals surface area contributed by atoms with Gasteiger partial charge in [0.25, 0.3) is 5.91 Å². The van der Waals surface area contributed by atoms with Gasteiger partial charge in [-0.25, -0.2) is 0 Å². The Balaban J connectivity index is 1.76. The highest BCUT2D eigenvalue weighted by Gasteiger charge is 2.24. The predicted molar refractivity (Wildman–Crippen MR) is 93.5 cm³/mol. The van der Waals surface area contributed by atoms with Crippen molar-refractivity contribution in [3.8, 4) is 6.07 Å². The van der Waals surface area contributed by atoms with Crippen molar-refractivity contribution in [2.24, 2.45) is 0 Å². The maximum atomic E-state index is 12.5. The summed E-state index contributed by atoms with van der Waals surface area (Å²) in [6.45, 7) is 3.89. The van der Waals surface area contributed by atoms with E-state index in [0.29, 0.717) is 42.9 Å². The van der Waals surface area contributed by atoms with Gasteiger partial charge in [-0.1, -0.05) is 0 Å². The lowest BCUT2D eigenvalue weighted by Gasteiger charge is -2.37. The number of carbonyl (C=O) groups excluding carboxylic acids is 2. The zero-order chi connectivity index (χ0) is 17.8. The van der Waals surface area contributed by atoms with Crippen molar-refractivity contribution in [2.45, 2.75) is 6.92 Å². The summed E-state index contributed by atoms with van der Waals surface area (Å²) in [5.74, 6) is -0.0469. The minimum Gasteiger partial charge on any atom is -0.367 e. The van der Waals surface area contributed by atoms with E-state index in [4.69, 9.17) is 5.26 Å². The molecule has 1 amide bonds. The predicted octanol–water partition coefficient (Wildman–Crippen LogP) is 2.12. The Hall–Kier alpha value is -3.20. The Morgan fingerprint density at radius 3 is 2.36 bits per heavy atom. The normalized spacial score (nSPS) is 14.1. The summed E-state index contributed by atoms with van der Waals surface area (Å²) in [5.41, 5.74) is 2.52. The van der Waals surface area contributed by atoms with Crippen molar-refractivity contribution in [3.63, 3.8) is 0 Å². The Morgan fingerprint density at radius 1 is 1.08 bits per heavy atom. The largest absolute Gasteiger partial charge is 0.367 e. The van der Waals surface area contributed by atoms with Crippen LogP contribution in [0.5, 0.6) is 0 Å². The molecule has 1 saturated heterocycles. The third-order valence-electron chi connectivity index (χ3n) is 4.34. The van der Waals surface area contributed by atoms with Crippen LogP contribution in [0.2, 0.25) is 0 Å². The van der Waals surface area contributed by atoms with Crippen LogP contribution in [-0.2, 0) is 0 Å². The number of nitrogens with zero attached hydrogens (tertiary/aromatic N) is 4. The van der Waals surface area contributed by atoms with Gasteiger partial charge in [-0.15, -0.1) is 0 Å². The van der Waals surface area contributed by atoms with E-state index < -0.39 is 0 Å². The Bertz CT molecular complexity index is 834. The van der Waals surface area contributed by atoms with Gasteiger partial charge in [0.05, 0.1) is 11.6 Å². The number of pyridine rings is 1. The molecule has 25 heavy (non-hydrogen) atoms. The molecule has 1 fully saturated rings. The van der Waals surface area contributed by atoms with E-state index in [0.717, 1.165) is 5.69 Å². The van der Waals surface area contributed by atoms with Crippen LogP contribution in [0.4, 0.5) is 5.69 Å². The molecule has 3 rings (SSSR count). The molecule has 0 aliphatic carbocycles. The Morgan fingerprint density at radius 2 is 1.76 bits per heavy atom. The van der Waals surface area contributed by atoms with Gasteiger partial charge in [-0.05, 0) is 37.3 Å². The number of anilines is 1. The number of Topliss-reactive ketones (excluding diaryl/α,β-unsaturated/α-hetero) is 1. The van der Waals surface area contributed by atoms with Crippen molar-refractivity contribution in [1.29, 1.82) is 5.26 Å². The molecule has 126 valence electrons. The van der Waals surface area contributed by atoms with E-state index in [9.17, 15) is 9.59 Å². The fourth-order valence-electron chi connectivity index (χ4n) is 2.99. The molecule has 1 aliphatic rings. The van der Waals surface area contributed by atoms with Gasteiger partial charge >= 0.3 is 0 Å². The van der Waals surface area contributed by atoms with Crippen LogP contribution < -0.4 is 4.90 Å². The summed E-state index contributed by atoms with van der Waals surface area (Å²) in [5, 5.41) is 9.12. The number of rotatable bonds is 3. The van der Waals surface area contributed by atoms with Gasteiger partial charge in [0.2, 0.25) is 0 Å². The molecule has 6 heteroatoms. The molecule has 2 aromatic rings. The van der Waals surface area contributed by atoms with E-state index >= 15 is 0 Å². The average molecular weight is 334 g/mol. The first kappa shape index (κ1) is 16.7. The summed E-state index contributed by atoms with van der Waals surface area (Å²) in [6, 6.07) is 10.6. The highest BCUT2D eigenvalue weighted by atomic mass is 16.2. The van der Waals surface area contributed by atoms with Gasteiger partial charge in [0.15, 0.2) is 5.78 Å². The van der Waals surface area contributed by atoms with E-state index in [1.165, 1.54) is 6.92 Å². The van der Waals surface area contributed by atoms with Gasteiger partial charge in [-0.3, -0.25) is 14.6 Å². The van der Waals surface area contributed by atoms with Crippen LogP contribution in [0.3, 0.4) is 0 Å². The lowest BCUT2D eigenvalue weighted by atomic mass is 10.0. The first-order valence-corrected chi connectivity index (χ1v) is 8.09. The van der Waals surface area contributed by atoms with Crippen LogP contribution in [-0.4, -0.2) is 47.8 Å². The monoisotopic (exact) mass is 334 g/mol. The topological polar surface area (TPSA) is 77.3 Å². The maximum Gasteiger partial charge on any atom is 0.254 e. The zero-order valence-electron chi connectivity index (χ0n) is 14.0. The molecule has 0 saturated carbocycles. The lowest BCUT2D eigenvalue weighted by molar-refractivity contribution is 0.0746. The maximum absolute atomic E-state index is 12.5. The summed E-state index contributed by atoms with van der Waals surface area (Å²) < 4.78 is 0. The number of hydrogen-bond acceptors (Lipinski definition) is 5. The number of carbonyl (C=O) groups is 2. The molecule has 0 spiro atoms. The van der Waals surface area contributed by atoms with Crippen molar-refractivity contribution < 1.29 is 9.59 Å². The highest BCUT2D eigenvalue weighted by Crippen LogP contribution is 2.24. The Kier molecular flexibility index (Phi) is 4.75. The molecular weight excluding hydrogens is 316 g/mol. The molecule has 0 radical (unpaired) electrons. The summed E-state index contributed by atoms with van der Waals surface area (Å²) in [6.07, 6.45) is 3.21. The molecule has 2 heterocycles. The number of hydrogen-bond donors (Lipinski definition) is 0. The molecule has 0 unspecified atom stereocenters. The van der Waals surface area contributed by atoms with Crippen LogP contribution in [0.15, 0.2) is 42.7 Å². The van der Waals surface area contributed by atoms with E-state index in [1.54, 1.807) is 47.6 Å². The number of ketones is 1. The second-order valence-corrected chi connectivity index (χ2v) is 5.92. The number of piperazine rings is 1. The van der Waals surface area contributed by atoms with Gasteiger partial charge in [-0.2, -0.15) is 5.26 Å². The summed E-state index contributed by atoms with van der Waals surface area (Å²) in [4.78, 5) is 32.2. The second kappa shape index (κ2) is 7.14. The first-order chi connectivity index (χ1) is 12.1. The van der Waals surface area contributed by atoms with E-state index in [2.05, 4.69) is 16.0 Å². The molecule has 0 N–H and O–H groups in total. The van der Waals surface area contributed by atoms with Crippen molar-refractivity contribution in [1.82, 2.24) is 9.88 Å². The van der Waals surface area contributed by atoms with Crippen molar-refractivity contribution in [2.75, 3.05) is 31.1 Å². The van der Waals surface area contributed by atoms with Crippen LogP contribution in [0.1, 0.15) is 33.2 Å². The van der Waals surface area contributed by atoms with Crippen LogP contribution >= 0.6 is 0 Å². The summed E-state index contributed by atoms with van der Waals surface area (Å²) in [7, 11) is 0. The Labute approximate surface area is 146 Å². The van der Waals surface area contributed by atoms with Crippen LogP contribution in [0, 0.1) is 11.3 Å². The lowest BCUT2D eigenvalue weighted by Crippen LogP contribution is -2.49. The van der Waals surface area contributed by atoms with Crippen molar-refractivity contribution >= 4 is 17.4 Å². The smallest absolute Gasteiger partial charge is 0.254 e. The minimum atomic E-state index is -0.0326. The average Bonchev–Trinajstić information content (AvgIpc) is 2.67. The molecule has 1 aromatic carbocycles. The molecular formula is C19H18N4O2. The number of nitriles is 1. The number of amides is 1. The molecule has 6 nitrogen and oxygen atoms in total. The fraction of sp³-hybridized carbons (Fsp3) is 0.263. The summed E-state index contributed by atoms with van der Waals surface area (Å²) >= 11 is 0. The SMILES string of the molecule is CC(=O)c1ccc(C#N)cc1N1CCN(C(=O)c2ccncc2)CC1. The third kappa shape index (κ3) is 3.50. The minimum absolute atomic E-state index is 0.0142. The number of benzene rings is 1. The van der Waals surface area contributed by atoms with Gasteiger partial charge in [0.1, 0.15) is 0 Å². The molecule has 1 aromatic heterocycles. The highest BCUT2D eigenvalue weighted by molar-refractivity contribution is 6.00. The molecule has 0 bridgehead atoms. The molecule has 1 aliphatic heterocycles.